The molecule has 0 spiro atoms. The van der Waals surface area contributed by atoms with Crippen molar-refractivity contribution in [1.29, 1.82) is 0 Å². The molecule has 3 rings (SSSR count). The zero-order valence-electron chi connectivity index (χ0n) is 11.3. The molecule has 2 aromatic carbocycles. The van der Waals surface area contributed by atoms with Gasteiger partial charge in [-0.05, 0) is 42.0 Å². The number of hydrogen-bond donors (Lipinski definition) is 1. The molecule has 1 amide bonds. The number of carbonyl (C=O) groups is 1. The van der Waals surface area contributed by atoms with E-state index in [2.05, 4.69) is 21.2 Å². The molecular weight excluding hydrogens is 370 g/mol. The van der Waals surface area contributed by atoms with Gasteiger partial charge in [0.2, 0.25) is 12.7 Å². The lowest BCUT2D eigenvalue weighted by molar-refractivity contribution is -0.111. The minimum atomic E-state index is -0.262. The summed E-state index contributed by atoms with van der Waals surface area (Å²) in [6, 6.07) is 10.7. The molecule has 1 aliphatic rings. The zero-order chi connectivity index (χ0) is 15.5. The van der Waals surface area contributed by atoms with E-state index in [-0.39, 0.29) is 12.7 Å². The van der Waals surface area contributed by atoms with Gasteiger partial charge >= 0.3 is 0 Å². The van der Waals surface area contributed by atoms with Crippen LogP contribution in [-0.4, -0.2) is 12.7 Å². The molecule has 6 heteroatoms. The molecule has 0 bridgehead atoms. The van der Waals surface area contributed by atoms with Crippen molar-refractivity contribution in [2.75, 3.05) is 12.1 Å². The molecule has 2 aromatic rings. The van der Waals surface area contributed by atoms with Crippen LogP contribution >= 0.6 is 27.5 Å². The van der Waals surface area contributed by atoms with Gasteiger partial charge in [-0.3, -0.25) is 4.79 Å². The quantitative estimate of drug-likeness (QED) is 0.799. The summed E-state index contributed by atoms with van der Waals surface area (Å²) in [6.45, 7) is 0.227. The fourth-order valence-electron chi connectivity index (χ4n) is 1.95. The highest BCUT2D eigenvalue weighted by Gasteiger charge is 2.12. The Morgan fingerprint density at radius 3 is 2.82 bits per heavy atom. The number of ether oxygens (including phenoxy) is 2. The van der Waals surface area contributed by atoms with Gasteiger partial charge in [-0.25, -0.2) is 0 Å². The highest BCUT2D eigenvalue weighted by Crippen LogP contribution is 2.32. The number of benzene rings is 2. The number of rotatable bonds is 3. The number of nitrogens with one attached hydrogen (secondary N) is 1. The van der Waals surface area contributed by atoms with Crippen LogP contribution in [0.4, 0.5) is 5.69 Å². The molecule has 1 aliphatic heterocycles. The molecule has 22 heavy (non-hydrogen) atoms. The lowest BCUT2D eigenvalue weighted by Crippen LogP contribution is -2.08. The van der Waals surface area contributed by atoms with Gasteiger partial charge in [-0.15, -0.1) is 0 Å². The Hall–Kier alpha value is -1.98. The summed E-state index contributed by atoms with van der Waals surface area (Å²) in [5, 5.41) is 3.20. The lowest BCUT2D eigenvalue weighted by atomic mass is 10.2. The first-order chi connectivity index (χ1) is 10.6. The number of anilines is 1. The van der Waals surface area contributed by atoms with E-state index in [0.29, 0.717) is 22.2 Å². The highest BCUT2D eigenvalue weighted by molar-refractivity contribution is 9.10. The van der Waals surface area contributed by atoms with Crippen molar-refractivity contribution < 1.29 is 14.3 Å². The number of fused-ring (bicyclic) bond motifs is 1. The highest BCUT2D eigenvalue weighted by atomic mass is 79.9. The van der Waals surface area contributed by atoms with Crippen LogP contribution in [0.15, 0.2) is 46.9 Å². The second-order valence-corrected chi connectivity index (χ2v) is 5.88. The van der Waals surface area contributed by atoms with E-state index < -0.39 is 0 Å². The van der Waals surface area contributed by atoms with Gasteiger partial charge in [0.05, 0.1) is 10.7 Å². The maximum Gasteiger partial charge on any atom is 0.248 e. The minimum Gasteiger partial charge on any atom is -0.454 e. The van der Waals surface area contributed by atoms with Crippen molar-refractivity contribution in [3.8, 4) is 11.5 Å². The maximum atomic E-state index is 11.9. The molecule has 112 valence electrons. The van der Waals surface area contributed by atoms with Crippen LogP contribution < -0.4 is 14.8 Å². The Kier molecular flexibility index (Phi) is 4.36. The molecule has 1 heterocycles. The van der Waals surface area contributed by atoms with Gasteiger partial charge < -0.3 is 14.8 Å². The molecule has 0 fully saturated rings. The Morgan fingerprint density at radius 1 is 1.18 bits per heavy atom. The largest absolute Gasteiger partial charge is 0.454 e. The second-order valence-electron chi connectivity index (χ2n) is 4.56. The molecule has 0 aromatic heterocycles. The fourth-order valence-corrected chi connectivity index (χ4v) is 2.67. The number of halogens is 2. The van der Waals surface area contributed by atoms with Crippen LogP contribution in [0.1, 0.15) is 5.56 Å². The Bertz CT molecular complexity index is 761. The van der Waals surface area contributed by atoms with E-state index in [1.165, 1.54) is 6.08 Å². The average molecular weight is 381 g/mol. The number of hydrogen-bond acceptors (Lipinski definition) is 3. The van der Waals surface area contributed by atoms with Gasteiger partial charge in [0.15, 0.2) is 11.5 Å². The van der Waals surface area contributed by atoms with Crippen LogP contribution in [0, 0.1) is 0 Å². The van der Waals surface area contributed by atoms with Crippen molar-refractivity contribution in [2.24, 2.45) is 0 Å². The Morgan fingerprint density at radius 2 is 2.00 bits per heavy atom. The van der Waals surface area contributed by atoms with E-state index in [4.69, 9.17) is 21.1 Å². The second kappa shape index (κ2) is 6.42. The third kappa shape index (κ3) is 3.43. The normalized spacial score (nSPS) is 12.6. The van der Waals surface area contributed by atoms with Crippen LogP contribution in [0.5, 0.6) is 11.5 Å². The molecule has 4 nitrogen and oxygen atoms in total. The monoisotopic (exact) mass is 379 g/mol. The van der Waals surface area contributed by atoms with Crippen molar-refractivity contribution in [3.63, 3.8) is 0 Å². The van der Waals surface area contributed by atoms with E-state index in [1.54, 1.807) is 18.2 Å². The predicted octanol–water partition coefficient (Wildman–Crippen LogP) is 4.48. The minimum absolute atomic E-state index is 0.227. The van der Waals surface area contributed by atoms with E-state index >= 15 is 0 Å². The van der Waals surface area contributed by atoms with E-state index in [0.717, 1.165) is 10.0 Å². The van der Waals surface area contributed by atoms with Crippen molar-refractivity contribution >= 4 is 45.2 Å². The zero-order valence-corrected chi connectivity index (χ0v) is 13.6. The Labute approximate surface area is 140 Å². The molecule has 0 atom stereocenters. The van der Waals surface area contributed by atoms with Crippen molar-refractivity contribution in [1.82, 2.24) is 0 Å². The predicted molar refractivity (Wildman–Crippen MR) is 89.4 cm³/mol. The third-order valence-electron chi connectivity index (χ3n) is 3.01. The summed E-state index contributed by atoms with van der Waals surface area (Å²) in [4.78, 5) is 11.9. The van der Waals surface area contributed by atoms with E-state index in [1.807, 2.05) is 24.3 Å². The van der Waals surface area contributed by atoms with Crippen molar-refractivity contribution in [2.45, 2.75) is 0 Å². The summed E-state index contributed by atoms with van der Waals surface area (Å²) in [6.07, 6.45) is 3.14. The summed E-state index contributed by atoms with van der Waals surface area (Å²) in [5.41, 5.74) is 1.41. The molecule has 0 unspecified atom stereocenters. The summed E-state index contributed by atoms with van der Waals surface area (Å²) in [7, 11) is 0. The summed E-state index contributed by atoms with van der Waals surface area (Å²) in [5.74, 6) is 1.13. The third-order valence-corrected chi connectivity index (χ3v) is 3.82. The van der Waals surface area contributed by atoms with Crippen LogP contribution in [0.2, 0.25) is 5.02 Å². The lowest BCUT2D eigenvalue weighted by Gasteiger charge is -2.05. The smallest absolute Gasteiger partial charge is 0.248 e. The molecule has 0 saturated carbocycles. The van der Waals surface area contributed by atoms with Gasteiger partial charge in [-0.2, -0.15) is 0 Å². The SMILES string of the molecule is O=C(/C=C/c1ccc2c(c1)OCO2)Nc1ccc(Br)cc1Cl. The first kappa shape index (κ1) is 14.9. The number of carbonyl (C=O) groups excluding carboxylic acids is 1. The van der Waals surface area contributed by atoms with Gasteiger partial charge in [0.1, 0.15) is 0 Å². The topological polar surface area (TPSA) is 47.6 Å². The first-order valence-corrected chi connectivity index (χ1v) is 7.63. The molecule has 0 saturated heterocycles. The first-order valence-electron chi connectivity index (χ1n) is 6.45. The van der Waals surface area contributed by atoms with Crippen LogP contribution in [0.25, 0.3) is 6.08 Å². The molecule has 1 N–H and O–H groups in total. The Balaban J connectivity index is 1.68. The van der Waals surface area contributed by atoms with Crippen molar-refractivity contribution in [3.05, 3.63) is 57.5 Å². The average Bonchev–Trinajstić information content (AvgIpc) is 2.95. The van der Waals surface area contributed by atoms with Gasteiger partial charge in [-0.1, -0.05) is 33.6 Å². The fraction of sp³-hybridized carbons (Fsp3) is 0.0625. The van der Waals surface area contributed by atoms with Crippen LogP contribution in [0.3, 0.4) is 0 Å². The van der Waals surface area contributed by atoms with Crippen LogP contribution in [-0.2, 0) is 4.79 Å². The standard InChI is InChI=1S/C16H11BrClNO3/c17-11-3-4-13(12(18)8-11)19-16(20)6-2-10-1-5-14-15(7-10)22-9-21-14/h1-8H,9H2,(H,19,20)/b6-2+. The number of amides is 1. The van der Waals surface area contributed by atoms with Gasteiger partial charge in [0.25, 0.3) is 0 Å². The van der Waals surface area contributed by atoms with Gasteiger partial charge in [0, 0.05) is 10.5 Å². The molecular formula is C16H11BrClNO3. The van der Waals surface area contributed by atoms with E-state index in [9.17, 15) is 4.79 Å². The molecule has 0 aliphatic carbocycles. The maximum absolute atomic E-state index is 11.9. The summed E-state index contributed by atoms with van der Waals surface area (Å²) < 4.78 is 11.4. The molecule has 0 radical (unpaired) electrons. The summed E-state index contributed by atoms with van der Waals surface area (Å²) >= 11 is 9.37.